The molecule has 0 fully saturated rings. The number of thioether (sulfide) groups is 1. The van der Waals surface area contributed by atoms with Crippen LogP contribution in [0.25, 0.3) is 0 Å². The van der Waals surface area contributed by atoms with Crippen molar-refractivity contribution < 1.29 is 13.2 Å². The maximum absolute atomic E-state index is 12.8. The van der Waals surface area contributed by atoms with E-state index in [0.717, 1.165) is 0 Å². The number of carbonyl (C=O) groups is 1. The van der Waals surface area contributed by atoms with Crippen LogP contribution in [-0.2, 0) is 14.8 Å². The molecule has 1 unspecified atom stereocenters. The van der Waals surface area contributed by atoms with Crippen LogP contribution >= 0.6 is 46.3 Å². The highest BCUT2D eigenvalue weighted by Crippen LogP contribution is 2.30. The minimum Gasteiger partial charge on any atom is -0.299 e. The number of halogens is 2. The number of anilines is 1. The van der Waals surface area contributed by atoms with Gasteiger partial charge in [0.1, 0.15) is 10.9 Å². The zero-order valence-electron chi connectivity index (χ0n) is 15.0. The third-order valence-corrected chi connectivity index (χ3v) is 7.74. The van der Waals surface area contributed by atoms with Crippen LogP contribution in [-0.4, -0.2) is 36.3 Å². The zero-order valence-corrected chi connectivity index (χ0v) is 18.9. The summed E-state index contributed by atoms with van der Waals surface area (Å²) in [5, 5.41) is 10.7. The number of carbonyl (C=O) groups excluding carboxylic acids is 1. The van der Waals surface area contributed by atoms with Gasteiger partial charge >= 0.3 is 0 Å². The highest BCUT2D eigenvalue weighted by molar-refractivity contribution is 8.01. The normalized spacial score (nSPS) is 12.8. The highest BCUT2D eigenvalue weighted by Gasteiger charge is 2.31. The number of sulfonamides is 1. The molecule has 0 bridgehead atoms. The average Bonchev–Trinajstić information content (AvgIpc) is 3.04. The molecule has 2 rings (SSSR count). The predicted octanol–water partition coefficient (Wildman–Crippen LogP) is 4.06. The Morgan fingerprint density at radius 2 is 1.96 bits per heavy atom. The van der Waals surface area contributed by atoms with Crippen molar-refractivity contribution in [1.82, 2.24) is 14.9 Å². The Labute approximate surface area is 182 Å². The smallest absolute Gasteiger partial charge is 0.244 e. The summed E-state index contributed by atoms with van der Waals surface area (Å²) in [5.74, 6) is -0.243. The lowest BCUT2D eigenvalue weighted by Gasteiger charge is -2.21. The molecular formula is C16H18Cl2N4O3S3. The molecule has 0 saturated carbocycles. The molecule has 0 aliphatic rings. The van der Waals surface area contributed by atoms with E-state index in [0.29, 0.717) is 10.1 Å². The van der Waals surface area contributed by atoms with Crippen LogP contribution < -0.4 is 10.0 Å². The third kappa shape index (κ3) is 5.91. The molecule has 0 aliphatic carbocycles. The summed E-state index contributed by atoms with van der Waals surface area (Å²) in [6, 6.07) is 3.30. The van der Waals surface area contributed by atoms with Crippen molar-refractivity contribution >= 4 is 67.4 Å². The lowest BCUT2D eigenvalue weighted by molar-refractivity contribution is -0.118. The highest BCUT2D eigenvalue weighted by atomic mass is 35.5. The van der Waals surface area contributed by atoms with Gasteiger partial charge in [-0.15, -0.1) is 16.8 Å². The van der Waals surface area contributed by atoms with Crippen molar-refractivity contribution in [3.8, 4) is 0 Å². The largest absolute Gasteiger partial charge is 0.299 e. The van der Waals surface area contributed by atoms with Crippen molar-refractivity contribution in [2.24, 2.45) is 5.92 Å². The van der Waals surface area contributed by atoms with Crippen LogP contribution in [0.15, 0.2) is 40.1 Å². The van der Waals surface area contributed by atoms with Gasteiger partial charge in [0.2, 0.25) is 21.1 Å². The molecule has 0 aliphatic heterocycles. The molecule has 1 aromatic heterocycles. The quantitative estimate of drug-likeness (QED) is 0.318. The van der Waals surface area contributed by atoms with E-state index in [1.807, 2.05) is 0 Å². The Bertz CT molecular complexity index is 944. The van der Waals surface area contributed by atoms with Crippen LogP contribution in [0.2, 0.25) is 10.0 Å². The summed E-state index contributed by atoms with van der Waals surface area (Å²) >= 11 is 14.6. The Balaban J connectivity index is 2.19. The molecule has 2 aromatic rings. The van der Waals surface area contributed by atoms with Crippen LogP contribution in [0, 0.1) is 5.92 Å². The molecule has 1 heterocycles. The van der Waals surface area contributed by atoms with E-state index in [9.17, 15) is 13.2 Å². The second-order valence-electron chi connectivity index (χ2n) is 5.86. The summed E-state index contributed by atoms with van der Waals surface area (Å²) in [6.45, 7) is 7.06. The maximum atomic E-state index is 12.8. The fourth-order valence-electron chi connectivity index (χ4n) is 2.09. The van der Waals surface area contributed by atoms with Gasteiger partial charge in [-0.25, -0.2) is 8.42 Å². The standard InChI is InChI=1S/C16H18Cl2N4O3S3/c1-4-8-26-16-21-20-15(27-16)19-14(23)12(9(2)3)22-28(24,25)13-10(17)6-5-7-11(13)18/h4-7,9,12,22H,1,8H2,2-3H3,(H,19,20,23). The molecule has 1 amide bonds. The van der Waals surface area contributed by atoms with Crippen LogP contribution in [0.4, 0.5) is 5.13 Å². The molecule has 0 radical (unpaired) electrons. The molecule has 0 saturated heterocycles. The van der Waals surface area contributed by atoms with Crippen molar-refractivity contribution in [2.75, 3.05) is 11.1 Å². The monoisotopic (exact) mass is 480 g/mol. The molecule has 0 spiro atoms. The fraction of sp³-hybridized carbons (Fsp3) is 0.312. The first-order valence-corrected chi connectivity index (χ1v) is 12.0. The van der Waals surface area contributed by atoms with Gasteiger partial charge < -0.3 is 0 Å². The second kappa shape index (κ2) is 10.0. The third-order valence-electron chi connectivity index (χ3n) is 3.38. The minimum absolute atomic E-state index is 0.0316. The Morgan fingerprint density at radius 3 is 2.54 bits per heavy atom. The van der Waals surface area contributed by atoms with Crippen molar-refractivity contribution in [3.05, 3.63) is 40.9 Å². The number of amides is 1. The van der Waals surface area contributed by atoms with E-state index in [4.69, 9.17) is 23.2 Å². The number of nitrogens with one attached hydrogen (secondary N) is 2. The summed E-state index contributed by atoms with van der Waals surface area (Å²) in [6.07, 6.45) is 1.73. The number of nitrogens with zero attached hydrogens (tertiary/aromatic N) is 2. The van der Waals surface area contributed by atoms with E-state index in [1.165, 1.54) is 41.3 Å². The fourth-order valence-corrected chi connectivity index (χ4v) is 6.09. The topological polar surface area (TPSA) is 101 Å². The molecule has 7 nitrogen and oxygen atoms in total. The van der Waals surface area contributed by atoms with E-state index in [-0.39, 0.29) is 26.0 Å². The zero-order chi connectivity index (χ0) is 20.9. The molecule has 1 aromatic carbocycles. The van der Waals surface area contributed by atoms with Gasteiger partial charge in [-0.05, 0) is 18.1 Å². The maximum Gasteiger partial charge on any atom is 0.244 e. The average molecular weight is 481 g/mol. The molecule has 28 heavy (non-hydrogen) atoms. The van der Waals surface area contributed by atoms with Gasteiger partial charge in [0, 0.05) is 5.75 Å². The van der Waals surface area contributed by atoms with Gasteiger partial charge in [0.15, 0.2) is 4.34 Å². The minimum atomic E-state index is -4.13. The lowest BCUT2D eigenvalue weighted by Crippen LogP contribution is -2.47. The van der Waals surface area contributed by atoms with Crippen LogP contribution in [0.5, 0.6) is 0 Å². The summed E-state index contributed by atoms with van der Waals surface area (Å²) in [5.41, 5.74) is 0. The molecule has 12 heteroatoms. The van der Waals surface area contributed by atoms with E-state index >= 15 is 0 Å². The second-order valence-corrected chi connectivity index (χ2v) is 10.6. The first kappa shape index (κ1) is 23.1. The van der Waals surface area contributed by atoms with Crippen molar-refractivity contribution in [1.29, 1.82) is 0 Å². The van der Waals surface area contributed by atoms with Gasteiger partial charge in [-0.2, -0.15) is 4.72 Å². The number of rotatable bonds is 9. The predicted molar refractivity (Wildman–Crippen MR) is 115 cm³/mol. The SMILES string of the molecule is C=CCSc1nnc(NC(=O)C(NS(=O)(=O)c2c(Cl)cccc2Cl)C(C)C)s1. The van der Waals surface area contributed by atoms with Gasteiger partial charge in [0.25, 0.3) is 0 Å². The summed E-state index contributed by atoms with van der Waals surface area (Å²) in [4.78, 5) is 12.4. The number of hydrogen-bond acceptors (Lipinski definition) is 7. The van der Waals surface area contributed by atoms with Crippen molar-refractivity contribution in [3.63, 3.8) is 0 Å². The summed E-state index contributed by atoms with van der Waals surface area (Å²) in [7, 11) is -4.13. The first-order chi connectivity index (χ1) is 13.2. The van der Waals surface area contributed by atoms with Gasteiger partial charge in [-0.1, -0.05) is 72.3 Å². The van der Waals surface area contributed by atoms with Crippen LogP contribution in [0.3, 0.4) is 0 Å². The molecule has 1 atom stereocenters. The van der Waals surface area contributed by atoms with E-state index in [2.05, 4.69) is 26.8 Å². The number of aromatic nitrogens is 2. The Hall–Kier alpha value is -1.17. The van der Waals surface area contributed by atoms with E-state index in [1.54, 1.807) is 19.9 Å². The number of hydrogen-bond donors (Lipinski definition) is 2. The van der Waals surface area contributed by atoms with Crippen molar-refractivity contribution in [2.45, 2.75) is 29.1 Å². The lowest BCUT2D eigenvalue weighted by atomic mass is 10.1. The van der Waals surface area contributed by atoms with Gasteiger partial charge in [0.05, 0.1) is 10.0 Å². The molecule has 152 valence electrons. The summed E-state index contributed by atoms with van der Waals surface area (Å²) < 4.78 is 28.6. The Kier molecular flexibility index (Phi) is 8.29. The van der Waals surface area contributed by atoms with Gasteiger partial charge in [-0.3, -0.25) is 10.1 Å². The van der Waals surface area contributed by atoms with Crippen LogP contribution in [0.1, 0.15) is 13.8 Å². The number of benzene rings is 1. The van der Waals surface area contributed by atoms with E-state index < -0.39 is 22.0 Å². The molecular weight excluding hydrogens is 463 g/mol. The molecule has 2 N–H and O–H groups in total. The first-order valence-electron chi connectivity index (χ1n) is 8.00. The Morgan fingerprint density at radius 1 is 1.32 bits per heavy atom.